The number of pyridine rings is 1. The van der Waals surface area contributed by atoms with E-state index in [1.54, 1.807) is 6.92 Å². The van der Waals surface area contributed by atoms with Gasteiger partial charge in [0.05, 0.1) is 23.8 Å². The molecule has 0 aliphatic carbocycles. The van der Waals surface area contributed by atoms with Crippen LogP contribution in [0.1, 0.15) is 23.8 Å². The van der Waals surface area contributed by atoms with Crippen molar-refractivity contribution in [3.8, 4) is 11.9 Å². The van der Waals surface area contributed by atoms with Crippen LogP contribution < -0.4 is 9.50 Å². The van der Waals surface area contributed by atoms with Crippen LogP contribution in [-0.2, 0) is 10.1 Å². The number of nitrogens with one attached hydrogen (secondary N) is 1. The number of nitriles is 1. The fourth-order valence-electron chi connectivity index (χ4n) is 1.27. The highest BCUT2D eigenvalue weighted by Crippen LogP contribution is 2.19. The molecule has 0 saturated carbocycles. The van der Waals surface area contributed by atoms with E-state index in [1.165, 1.54) is 12.1 Å². The predicted octanol–water partition coefficient (Wildman–Crippen LogP) is 1.11. The minimum absolute atomic E-state index is 0.0486. The Kier molecular flexibility index (Phi) is 5.30. The fraction of sp³-hybridized carbons (Fsp3) is 0.364. The third-order valence-electron chi connectivity index (χ3n) is 2.05. The molecule has 108 valence electrons. The number of amides is 1. The number of nitrogens with zero attached hydrogens (tertiary/aromatic N) is 2. The second kappa shape index (κ2) is 6.54. The first kappa shape index (κ1) is 16.2. The lowest BCUT2D eigenvalue weighted by molar-refractivity contribution is 0.0935. The molecule has 1 amide bonds. The first-order valence-electron chi connectivity index (χ1n) is 5.46. The maximum absolute atomic E-state index is 11.9. The van der Waals surface area contributed by atoms with E-state index in [0.29, 0.717) is 0 Å². The summed E-state index contributed by atoms with van der Waals surface area (Å²) >= 11 is 5.83. The standard InChI is InChI=1S/C11H12ClN3O4S/c1-7(5-6-13)14-11(16)10-8(12)3-4-9(15-10)19-20(2,17)18/h3-4,7H,5H2,1-2H3,(H,14,16). The molecule has 0 aromatic carbocycles. The van der Waals surface area contributed by atoms with Crippen LogP contribution in [0.4, 0.5) is 0 Å². The molecule has 20 heavy (non-hydrogen) atoms. The zero-order valence-corrected chi connectivity index (χ0v) is 12.3. The molecule has 0 saturated heterocycles. The van der Waals surface area contributed by atoms with Crippen molar-refractivity contribution < 1.29 is 17.4 Å². The molecule has 1 aromatic heterocycles. The topological polar surface area (TPSA) is 109 Å². The van der Waals surface area contributed by atoms with Gasteiger partial charge in [-0.1, -0.05) is 11.6 Å². The second-order valence-electron chi connectivity index (χ2n) is 4.00. The zero-order chi connectivity index (χ0) is 15.3. The van der Waals surface area contributed by atoms with E-state index in [1.807, 2.05) is 6.07 Å². The molecule has 0 aliphatic rings. The average Bonchev–Trinajstić information content (AvgIpc) is 2.30. The minimum atomic E-state index is -3.74. The van der Waals surface area contributed by atoms with Crippen LogP contribution in [0.2, 0.25) is 5.02 Å². The van der Waals surface area contributed by atoms with Crippen molar-refractivity contribution in [2.45, 2.75) is 19.4 Å². The average molecular weight is 318 g/mol. The molecule has 1 aromatic rings. The molecule has 9 heteroatoms. The first-order chi connectivity index (χ1) is 9.23. The molecule has 1 N–H and O–H groups in total. The lowest BCUT2D eigenvalue weighted by Gasteiger charge is -2.11. The lowest BCUT2D eigenvalue weighted by atomic mass is 10.2. The third kappa shape index (κ3) is 5.03. The van der Waals surface area contributed by atoms with Crippen LogP contribution in [-0.4, -0.2) is 31.6 Å². The Bertz CT molecular complexity index is 654. The van der Waals surface area contributed by atoms with Gasteiger partial charge in [-0.3, -0.25) is 4.79 Å². The molecule has 0 spiro atoms. The van der Waals surface area contributed by atoms with Gasteiger partial charge in [0, 0.05) is 12.1 Å². The van der Waals surface area contributed by atoms with Gasteiger partial charge in [-0.25, -0.2) is 4.98 Å². The number of aromatic nitrogens is 1. The molecule has 1 rings (SSSR count). The summed E-state index contributed by atoms with van der Waals surface area (Å²) in [4.78, 5) is 15.6. The highest BCUT2D eigenvalue weighted by atomic mass is 35.5. The van der Waals surface area contributed by atoms with Crippen LogP contribution in [0, 0.1) is 11.3 Å². The number of rotatable bonds is 5. The van der Waals surface area contributed by atoms with E-state index in [-0.39, 0.29) is 29.1 Å². The second-order valence-corrected chi connectivity index (χ2v) is 5.99. The maximum Gasteiger partial charge on any atom is 0.307 e. The van der Waals surface area contributed by atoms with Gasteiger partial charge in [0.15, 0.2) is 5.69 Å². The number of carbonyl (C=O) groups is 1. The Labute approximate surface area is 121 Å². The maximum atomic E-state index is 11.9. The predicted molar refractivity (Wildman–Crippen MR) is 71.9 cm³/mol. The Hall–Kier alpha value is -1.85. The largest absolute Gasteiger partial charge is 0.362 e. The van der Waals surface area contributed by atoms with Gasteiger partial charge < -0.3 is 9.50 Å². The number of halogens is 1. The molecule has 1 unspecified atom stereocenters. The van der Waals surface area contributed by atoms with Gasteiger partial charge in [-0.2, -0.15) is 13.7 Å². The number of hydrogen-bond donors (Lipinski definition) is 1. The normalized spacial score (nSPS) is 12.3. The van der Waals surface area contributed by atoms with E-state index >= 15 is 0 Å². The van der Waals surface area contributed by atoms with Crippen LogP contribution in [0.3, 0.4) is 0 Å². The quantitative estimate of drug-likeness (QED) is 0.814. The summed E-state index contributed by atoms with van der Waals surface area (Å²) in [5, 5.41) is 11.1. The summed E-state index contributed by atoms with van der Waals surface area (Å²) in [5.41, 5.74) is -0.169. The van der Waals surface area contributed by atoms with Crippen LogP contribution in [0.25, 0.3) is 0 Å². The highest BCUT2D eigenvalue weighted by Gasteiger charge is 2.17. The lowest BCUT2D eigenvalue weighted by Crippen LogP contribution is -2.33. The minimum Gasteiger partial charge on any atom is -0.362 e. The van der Waals surface area contributed by atoms with E-state index in [2.05, 4.69) is 14.5 Å². The van der Waals surface area contributed by atoms with E-state index in [4.69, 9.17) is 16.9 Å². The molecule has 1 atom stereocenters. The van der Waals surface area contributed by atoms with Crippen LogP contribution in [0.5, 0.6) is 5.88 Å². The van der Waals surface area contributed by atoms with Crippen LogP contribution in [0.15, 0.2) is 12.1 Å². The van der Waals surface area contributed by atoms with Gasteiger partial charge in [0.2, 0.25) is 5.88 Å². The van der Waals surface area contributed by atoms with Gasteiger partial charge in [-0.15, -0.1) is 0 Å². The third-order valence-corrected chi connectivity index (χ3v) is 2.83. The van der Waals surface area contributed by atoms with Gasteiger partial charge in [0.25, 0.3) is 5.91 Å². The Morgan fingerprint density at radius 1 is 1.60 bits per heavy atom. The SMILES string of the molecule is CC(CC#N)NC(=O)c1nc(OS(C)(=O)=O)ccc1Cl. The molecule has 0 bridgehead atoms. The Balaban J connectivity index is 2.97. The molecule has 1 heterocycles. The van der Waals surface area contributed by atoms with Gasteiger partial charge >= 0.3 is 10.1 Å². The summed E-state index contributed by atoms with van der Waals surface area (Å²) < 4.78 is 26.6. The van der Waals surface area contributed by atoms with Crippen molar-refractivity contribution in [3.05, 3.63) is 22.8 Å². The Morgan fingerprint density at radius 2 is 2.25 bits per heavy atom. The molecule has 0 radical (unpaired) electrons. The van der Waals surface area contributed by atoms with Crippen molar-refractivity contribution in [1.82, 2.24) is 10.3 Å². The van der Waals surface area contributed by atoms with Crippen molar-refractivity contribution in [3.63, 3.8) is 0 Å². The highest BCUT2D eigenvalue weighted by molar-refractivity contribution is 7.86. The first-order valence-corrected chi connectivity index (χ1v) is 7.66. The van der Waals surface area contributed by atoms with Crippen molar-refractivity contribution in [1.29, 1.82) is 5.26 Å². The summed E-state index contributed by atoms with van der Waals surface area (Å²) in [6.45, 7) is 1.64. The van der Waals surface area contributed by atoms with Crippen molar-refractivity contribution >= 4 is 27.6 Å². The van der Waals surface area contributed by atoms with Gasteiger partial charge in [-0.05, 0) is 13.0 Å². The fourth-order valence-corrected chi connectivity index (χ4v) is 1.86. The van der Waals surface area contributed by atoms with E-state index < -0.39 is 16.0 Å². The van der Waals surface area contributed by atoms with Crippen LogP contribution >= 0.6 is 11.6 Å². The van der Waals surface area contributed by atoms with E-state index in [0.717, 1.165) is 6.26 Å². The van der Waals surface area contributed by atoms with E-state index in [9.17, 15) is 13.2 Å². The Morgan fingerprint density at radius 3 is 2.80 bits per heavy atom. The summed E-state index contributed by atoms with van der Waals surface area (Å²) in [6, 6.07) is 4.06. The zero-order valence-electron chi connectivity index (χ0n) is 10.8. The summed E-state index contributed by atoms with van der Waals surface area (Å²) in [5.74, 6) is -0.869. The monoisotopic (exact) mass is 317 g/mol. The van der Waals surface area contributed by atoms with Gasteiger partial charge in [0.1, 0.15) is 0 Å². The van der Waals surface area contributed by atoms with Crippen molar-refractivity contribution in [2.24, 2.45) is 0 Å². The molecule has 0 fully saturated rings. The summed E-state index contributed by atoms with van der Waals surface area (Å²) in [6.07, 6.45) is 0.987. The number of carbonyl (C=O) groups excluding carboxylic acids is 1. The smallest absolute Gasteiger partial charge is 0.307 e. The number of hydrogen-bond acceptors (Lipinski definition) is 6. The molecule has 0 aliphatic heterocycles. The molecule has 7 nitrogen and oxygen atoms in total. The van der Waals surface area contributed by atoms with Crippen molar-refractivity contribution in [2.75, 3.05) is 6.26 Å². The molecular weight excluding hydrogens is 306 g/mol. The summed E-state index contributed by atoms with van der Waals surface area (Å²) in [7, 11) is -3.74. The molecular formula is C11H12ClN3O4S.